The van der Waals surface area contributed by atoms with E-state index in [0.717, 1.165) is 16.2 Å². The summed E-state index contributed by atoms with van der Waals surface area (Å²) < 4.78 is 10.3. The van der Waals surface area contributed by atoms with Gasteiger partial charge in [-0.3, -0.25) is 9.59 Å². The molecule has 0 unspecified atom stereocenters. The fraction of sp³-hybridized carbons (Fsp3) is 0.263. The molecule has 2 rings (SSSR count). The number of carbonyl (C=O) groups excluding carboxylic acids is 2. The Bertz CT molecular complexity index is 780. The maximum absolute atomic E-state index is 12.2. The molecule has 26 heavy (non-hydrogen) atoms. The lowest BCUT2D eigenvalue weighted by atomic mass is 10.2. The molecule has 2 aromatic rings. The van der Waals surface area contributed by atoms with Crippen LogP contribution in [-0.2, 0) is 14.3 Å². The summed E-state index contributed by atoms with van der Waals surface area (Å²) >= 11 is 7.27. The smallest absolute Gasteiger partial charge is 0.317 e. The highest BCUT2D eigenvalue weighted by atomic mass is 35.5. The van der Waals surface area contributed by atoms with Crippen molar-refractivity contribution in [2.75, 3.05) is 18.2 Å². The minimum atomic E-state index is -0.905. The van der Waals surface area contributed by atoms with Crippen LogP contribution in [0, 0.1) is 6.92 Å². The quantitative estimate of drug-likeness (QED) is 0.560. The summed E-state index contributed by atoms with van der Waals surface area (Å²) in [6.07, 6.45) is -0.905. The second-order valence-electron chi connectivity index (χ2n) is 5.54. The molecule has 1 N–H and O–H groups in total. The number of aryl methyl sites for hydroxylation is 1. The van der Waals surface area contributed by atoms with Crippen LogP contribution in [0.5, 0.6) is 5.75 Å². The Labute approximate surface area is 162 Å². The van der Waals surface area contributed by atoms with Gasteiger partial charge in [-0.25, -0.2) is 0 Å². The number of methoxy groups -OCH3 is 1. The number of benzene rings is 2. The third-order valence-corrected chi connectivity index (χ3v) is 4.77. The van der Waals surface area contributed by atoms with Gasteiger partial charge in [0.15, 0.2) is 6.10 Å². The largest absolute Gasteiger partial charge is 0.497 e. The van der Waals surface area contributed by atoms with Crippen molar-refractivity contribution in [2.45, 2.75) is 24.8 Å². The molecular formula is C19H20ClNO4S. The number of hydrogen-bond acceptors (Lipinski definition) is 5. The van der Waals surface area contributed by atoms with E-state index in [9.17, 15) is 9.59 Å². The van der Waals surface area contributed by atoms with Crippen molar-refractivity contribution in [1.29, 1.82) is 0 Å². The van der Waals surface area contributed by atoms with Crippen LogP contribution in [-0.4, -0.2) is 30.8 Å². The maximum Gasteiger partial charge on any atom is 0.317 e. The molecule has 0 aliphatic rings. The molecule has 0 aliphatic carbocycles. The fourth-order valence-electron chi connectivity index (χ4n) is 2.06. The van der Waals surface area contributed by atoms with E-state index in [-0.39, 0.29) is 5.75 Å². The van der Waals surface area contributed by atoms with Crippen LogP contribution in [0.15, 0.2) is 47.4 Å². The van der Waals surface area contributed by atoms with Crippen molar-refractivity contribution in [3.63, 3.8) is 0 Å². The van der Waals surface area contributed by atoms with E-state index in [1.165, 1.54) is 18.7 Å². The molecule has 138 valence electrons. The molecule has 0 aliphatic heterocycles. The van der Waals surface area contributed by atoms with Crippen molar-refractivity contribution >= 4 is 40.9 Å². The van der Waals surface area contributed by atoms with Crippen molar-refractivity contribution < 1.29 is 19.1 Å². The number of esters is 1. The summed E-state index contributed by atoms with van der Waals surface area (Å²) in [5, 5.41) is 3.24. The van der Waals surface area contributed by atoms with E-state index in [0.29, 0.717) is 10.7 Å². The van der Waals surface area contributed by atoms with E-state index in [1.54, 1.807) is 25.3 Å². The molecule has 1 atom stereocenters. The molecule has 0 saturated carbocycles. The average molecular weight is 394 g/mol. The van der Waals surface area contributed by atoms with Gasteiger partial charge in [0.1, 0.15) is 5.75 Å². The Kier molecular flexibility index (Phi) is 7.36. The molecule has 1 amide bonds. The number of thioether (sulfide) groups is 1. The van der Waals surface area contributed by atoms with Gasteiger partial charge in [0.05, 0.1) is 12.9 Å². The molecule has 7 heteroatoms. The van der Waals surface area contributed by atoms with Crippen LogP contribution in [0.4, 0.5) is 5.69 Å². The van der Waals surface area contributed by atoms with Crippen molar-refractivity contribution in [1.82, 2.24) is 0 Å². The SMILES string of the molecule is COc1ccc(SCC(=O)O[C@@H](C)C(=O)Nc2cc(Cl)ccc2C)cc1. The van der Waals surface area contributed by atoms with E-state index in [1.807, 2.05) is 31.2 Å². The van der Waals surface area contributed by atoms with Crippen LogP contribution in [0.2, 0.25) is 5.02 Å². The normalized spacial score (nSPS) is 11.5. The number of halogens is 1. The predicted octanol–water partition coefficient (Wildman–Crippen LogP) is 4.32. The van der Waals surface area contributed by atoms with Crippen molar-refractivity contribution in [2.24, 2.45) is 0 Å². The summed E-state index contributed by atoms with van der Waals surface area (Å²) in [7, 11) is 1.59. The summed E-state index contributed by atoms with van der Waals surface area (Å²) in [4.78, 5) is 25.1. The highest BCUT2D eigenvalue weighted by Gasteiger charge is 2.18. The van der Waals surface area contributed by atoms with Gasteiger partial charge in [-0.05, 0) is 55.8 Å². The lowest BCUT2D eigenvalue weighted by molar-refractivity contribution is -0.150. The Morgan fingerprint density at radius 3 is 2.54 bits per heavy atom. The molecule has 0 heterocycles. The minimum Gasteiger partial charge on any atom is -0.497 e. The first-order valence-corrected chi connectivity index (χ1v) is 9.28. The number of ether oxygens (including phenoxy) is 2. The zero-order chi connectivity index (χ0) is 19.1. The Morgan fingerprint density at radius 2 is 1.88 bits per heavy atom. The first-order chi connectivity index (χ1) is 12.4. The van der Waals surface area contributed by atoms with Crippen LogP contribution < -0.4 is 10.1 Å². The van der Waals surface area contributed by atoms with Gasteiger partial charge in [0.2, 0.25) is 0 Å². The Hall–Kier alpha value is -2.18. The molecule has 0 fully saturated rings. The van der Waals surface area contributed by atoms with Crippen molar-refractivity contribution in [3.05, 3.63) is 53.1 Å². The van der Waals surface area contributed by atoms with Gasteiger partial charge in [-0.1, -0.05) is 17.7 Å². The number of amides is 1. The van der Waals surface area contributed by atoms with E-state index in [2.05, 4.69) is 5.32 Å². The third-order valence-electron chi connectivity index (χ3n) is 3.55. The predicted molar refractivity (Wildman–Crippen MR) is 104 cm³/mol. The van der Waals surface area contributed by atoms with Crippen molar-refractivity contribution in [3.8, 4) is 5.75 Å². The second-order valence-corrected chi connectivity index (χ2v) is 7.03. The van der Waals surface area contributed by atoms with Gasteiger partial charge >= 0.3 is 5.97 Å². The van der Waals surface area contributed by atoms with Gasteiger partial charge in [0, 0.05) is 15.6 Å². The number of rotatable bonds is 7. The van der Waals surface area contributed by atoms with E-state index in [4.69, 9.17) is 21.1 Å². The van der Waals surface area contributed by atoms with Crippen LogP contribution >= 0.6 is 23.4 Å². The molecule has 0 aromatic heterocycles. The second kappa shape index (κ2) is 9.50. The molecule has 0 bridgehead atoms. The summed E-state index contributed by atoms with van der Waals surface area (Å²) in [5.41, 5.74) is 1.47. The van der Waals surface area contributed by atoms with Gasteiger partial charge in [0.25, 0.3) is 5.91 Å². The fourth-order valence-corrected chi connectivity index (χ4v) is 2.92. The summed E-state index contributed by atoms with van der Waals surface area (Å²) in [5.74, 6) is -0.00636. The first kappa shape index (κ1) is 20.1. The van der Waals surface area contributed by atoms with Gasteiger partial charge < -0.3 is 14.8 Å². The Morgan fingerprint density at radius 1 is 1.19 bits per heavy atom. The number of carbonyl (C=O) groups is 2. The summed E-state index contributed by atoms with van der Waals surface area (Å²) in [6.45, 7) is 3.39. The molecular weight excluding hydrogens is 374 g/mol. The molecule has 0 spiro atoms. The number of anilines is 1. The zero-order valence-corrected chi connectivity index (χ0v) is 16.3. The van der Waals surface area contributed by atoms with Crippen LogP contribution in [0.25, 0.3) is 0 Å². The van der Waals surface area contributed by atoms with Gasteiger partial charge in [-0.15, -0.1) is 11.8 Å². The number of hydrogen-bond donors (Lipinski definition) is 1. The van der Waals surface area contributed by atoms with E-state index < -0.39 is 18.0 Å². The average Bonchev–Trinajstić information content (AvgIpc) is 2.63. The third kappa shape index (κ3) is 5.97. The van der Waals surface area contributed by atoms with Gasteiger partial charge in [-0.2, -0.15) is 0 Å². The number of nitrogens with one attached hydrogen (secondary N) is 1. The first-order valence-electron chi connectivity index (χ1n) is 7.92. The molecule has 0 radical (unpaired) electrons. The van der Waals surface area contributed by atoms with Crippen LogP contribution in [0.1, 0.15) is 12.5 Å². The lowest BCUT2D eigenvalue weighted by Crippen LogP contribution is -2.30. The van der Waals surface area contributed by atoms with E-state index >= 15 is 0 Å². The lowest BCUT2D eigenvalue weighted by Gasteiger charge is -2.15. The standard InChI is InChI=1S/C19H20ClNO4S/c1-12-4-5-14(20)10-17(12)21-19(23)13(2)25-18(22)11-26-16-8-6-15(24-3)7-9-16/h4-10,13H,11H2,1-3H3,(H,21,23)/t13-/m0/s1. The highest BCUT2D eigenvalue weighted by Crippen LogP contribution is 2.22. The zero-order valence-electron chi connectivity index (χ0n) is 14.7. The maximum atomic E-state index is 12.2. The molecule has 2 aromatic carbocycles. The van der Waals surface area contributed by atoms with Crippen LogP contribution in [0.3, 0.4) is 0 Å². The Balaban J connectivity index is 1.83. The molecule has 0 saturated heterocycles. The topological polar surface area (TPSA) is 64.6 Å². The highest BCUT2D eigenvalue weighted by molar-refractivity contribution is 8.00. The monoisotopic (exact) mass is 393 g/mol. The minimum absolute atomic E-state index is 0.111. The summed E-state index contributed by atoms with van der Waals surface area (Å²) in [6, 6.07) is 12.5. The molecule has 5 nitrogen and oxygen atoms in total.